The zero-order valence-electron chi connectivity index (χ0n) is 20.7. The predicted octanol–water partition coefficient (Wildman–Crippen LogP) is 1.89. The zero-order chi connectivity index (χ0) is 26.7. The first kappa shape index (κ1) is 25.3. The highest BCUT2D eigenvalue weighted by atomic mass is 16.3. The summed E-state index contributed by atoms with van der Waals surface area (Å²) in [6, 6.07) is 1.73. The first-order valence-electron chi connectivity index (χ1n) is 11.8. The Morgan fingerprint density at radius 2 is 1.89 bits per heavy atom. The molecule has 6 N–H and O–H groups in total. The fourth-order valence-electron chi connectivity index (χ4n) is 5.51. The van der Waals surface area contributed by atoms with E-state index >= 15 is 0 Å². The highest BCUT2D eigenvalue weighted by Gasteiger charge is 2.60. The largest absolute Gasteiger partial charge is 0.508 e. The van der Waals surface area contributed by atoms with Gasteiger partial charge in [0.2, 0.25) is 5.78 Å². The number of carbonyl (C=O) groups excluding carboxylic acids is 3. The molecule has 0 bridgehead atoms. The standard InChI is InChI=1S/C27H30N2O7/c1-12(2)6-5-7-13-10-17(29(3)4)16-9-14-8-15-11-18(30)21(26(28)35)25(34)27(15,36)24(33)19(14)23(32)20(16)22(13)31/h10,12,14-15,31-32,34,36H,6,8-9,11H2,1-4H3,(H2,28,35)/t14-,15+,27+/m1/s1. The van der Waals surface area contributed by atoms with Gasteiger partial charge in [0.15, 0.2) is 11.4 Å². The van der Waals surface area contributed by atoms with Gasteiger partial charge in [-0.2, -0.15) is 0 Å². The van der Waals surface area contributed by atoms with E-state index in [1.807, 2.05) is 32.8 Å². The Bertz CT molecular complexity index is 1330. The molecule has 36 heavy (non-hydrogen) atoms. The number of nitrogens with two attached hydrogens (primary N) is 1. The summed E-state index contributed by atoms with van der Waals surface area (Å²) in [4.78, 5) is 39.7. The summed E-state index contributed by atoms with van der Waals surface area (Å²) in [7, 11) is 3.63. The van der Waals surface area contributed by atoms with Crippen molar-refractivity contribution in [3.63, 3.8) is 0 Å². The molecule has 1 aromatic rings. The number of aromatic hydroxyl groups is 1. The lowest BCUT2D eigenvalue weighted by atomic mass is 9.59. The number of nitrogens with zero attached hydrogens (tertiary/aromatic N) is 1. The van der Waals surface area contributed by atoms with Crippen molar-refractivity contribution in [3.05, 3.63) is 39.7 Å². The molecule has 190 valence electrons. The van der Waals surface area contributed by atoms with E-state index in [1.54, 1.807) is 6.07 Å². The Morgan fingerprint density at radius 3 is 2.47 bits per heavy atom. The number of amides is 1. The molecule has 0 heterocycles. The highest BCUT2D eigenvalue weighted by molar-refractivity contribution is 6.22. The maximum Gasteiger partial charge on any atom is 0.255 e. The molecule has 9 nitrogen and oxygen atoms in total. The second-order valence-electron chi connectivity index (χ2n) is 10.3. The van der Waals surface area contributed by atoms with Crippen LogP contribution in [-0.4, -0.2) is 57.6 Å². The van der Waals surface area contributed by atoms with Crippen LogP contribution in [0, 0.1) is 29.6 Å². The van der Waals surface area contributed by atoms with E-state index in [2.05, 4.69) is 11.8 Å². The first-order valence-corrected chi connectivity index (χ1v) is 11.8. The van der Waals surface area contributed by atoms with Crippen molar-refractivity contribution < 1.29 is 34.8 Å². The number of phenols is 1. The van der Waals surface area contributed by atoms with Crippen molar-refractivity contribution in [1.29, 1.82) is 0 Å². The quantitative estimate of drug-likeness (QED) is 0.314. The molecule has 0 radical (unpaired) electrons. The van der Waals surface area contributed by atoms with Crippen LogP contribution >= 0.6 is 0 Å². The number of aliphatic hydroxyl groups is 3. The van der Waals surface area contributed by atoms with Crippen LogP contribution < -0.4 is 10.6 Å². The predicted molar refractivity (Wildman–Crippen MR) is 132 cm³/mol. The molecule has 0 saturated heterocycles. The minimum absolute atomic E-state index is 0.0437. The summed E-state index contributed by atoms with van der Waals surface area (Å²) in [6.07, 6.45) is 0.586. The van der Waals surface area contributed by atoms with Gasteiger partial charge in [0.25, 0.3) is 5.91 Å². The fraction of sp³-hybridized carbons (Fsp3) is 0.444. The Labute approximate surface area is 208 Å². The molecule has 0 aliphatic heterocycles. The van der Waals surface area contributed by atoms with Gasteiger partial charge in [-0.25, -0.2) is 0 Å². The van der Waals surface area contributed by atoms with Gasteiger partial charge in [0.1, 0.15) is 22.8 Å². The van der Waals surface area contributed by atoms with E-state index in [0.717, 1.165) is 0 Å². The molecular weight excluding hydrogens is 464 g/mol. The molecular formula is C27H30N2O7. The summed E-state index contributed by atoms with van der Waals surface area (Å²) in [5.74, 6) is -0.189. The number of aliphatic hydroxyl groups excluding tert-OH is 2. The number of benzene rings is 1. The van der Waals surface area contributed by atoms with E-state index < -0.39 is 52.0 Å². The van der Waals surface area contributed by atoms with Gasteiger partial charge in [-0.15, -0.1) is 0 Å². The minimum atomic E-state index is -2.58. The molecule has 3 aliphatic rings. The molecule has 1 saturated carbocycles. The lowest BCUT2D eigenvalue weighted by Crippen LogP contribution is -2.58. The van der Waals surface area contributed by atoms with Gasteiger partial charge in [-0.05, 0) is 36.3 Å². The summed E-state index contributed by atoms with van der Waals surface area (Å²) in [5.41, 5.74) is 3.31. The Balaban J connectivity index is 1.94. The topological polar surface area (TPSA) is 161 Å². The van der Waals surface area contributed by atoms with E-state index in [1.165, 1.54) is 0 Å². The summed E-state index contributed by atoms with van der Waals surface area (Å²) >= 11 is 0. The number of carbonyl (C=O) groups is 3. The number of phenolic OH excluding ortho intramolecular Hbond substituents is 1. The maximum absolute atomic E-state index is 13.6. The number of Topliss-reactive ketones (excluding diaryl/α,β-unsaturated/α-hetero) is 2. The van der Waals surface area contributed by atoms with Gasteiger partial charge in [0, 0.05) is 44.1 Å². The third kappa shape index (κ3) is 3.64. The lowest BCUT2D eigenvalue weighted by Gasteiger charge is -2.46. The van der Waals surface area contributed by atoms with Crippen LogP contribution in [0.3, 0.4) is 0 Å². The molecule has 1 aromatic carbocycles. The van der Waals surface area contributed by atoms with Crippen molar-refractivity contribution in [1.82, 2.24) is 0 Å². The average Bonchev–Trinajstić information content (AvgIpc) is 2.77. The van der Waals surface area contributed by atoms with Crippen molar-refractivity contribution >= 4 is 28.9 Å². The van der Waals surface area contributed by atoms with Crippen molar-refractivity contribution in [2.75, 3.05) is 19.0 Å². The second-order valence-corrected chi connectivity index (χ2v) is 10.3. The van der Waals surface area contributed by atoms with Crippen LogP contribution in [0.25, 0.3) is 5.76 Å². The molecule has 0 unspecified atom stereocenters. The van der Waals surface area contributed by atoms with E-state index in [0.29, 0.717) is 23.6 Å². The average molecular weight is 495 g/mol. The van der Waals surface area contributed by atoms with Crippen LogP contribution in [0.5, 0.6) is 5.75 Å². The van der Waals surface area contributed by atoms with E-state index in [-0.39, 0.29) is 41.7 Å². The normalized spacial score (nSPS) is 25.2. The molecule has 0 aromatic heterocycles. The summed E-state index contributed by atoms with van der Waals surface area (Å²) in [5, 5.41) is 44.5. The number of ketones is 2. The van der Waals surface area contributed by atoms with Crippen LogP contribution in [0.4, 0.5) is 5.69 Å². The molecule has 9 heteroatoms. The molecule has 3 atom stereocenters. The van der Waals surface area contributed by atoms with Crippen molar-refractivity contribution in [2.45, 2.75) is 45.1 Å². The monoisotopic (exact) mass is 494 g/mol. The maximum atomic E-state index is 13.6. The Hall–Kier alpha value is -3.77. The number of fused-ring (bicyclic) bond motifs is 3. The number of hydrogen-bond donors (Lipinski definition) is 5. The Kier molecular flexibility index (Phi) is 6.13. The van der Waals surface area contributed by atoms with Gasteiger partial charge in [0.05, 0.1) is 11.1 Å². The SMILES string of the molecule is CC(C)CC#Cc1cc(N(C)C)c2c(c1O)C(O)=C1C(=O)[C@]3(O)C(O)=C(C(N)=O)C(=O)C[C@@H]3C[C@@H]1C2. The first-order chi connectivity index (χ1) is 16.8. The third-order valence-corrected chi connectivity index (χ3v) is 7.26. The summed E-state index contributed by atoms with van der Waals surface area (Å²) in [6.45, 7) is 4.03. The molecule has 1 amide bonds. The molecule has 4 rings (SSSR count). The molecule has 0 spiro atoms. The van der Waals surface area contributed by atoms with Gasteiger partial charge < -0.3 is 31.1 Å². The third-order valence-electron chi connectivity index (χ3n) is 7.26. The Morgan fingerprint density at radius 1 is 1.22 bits per heavy atom. The fourth-order valence-corrected chi connectivity index (χ4v) is 5.51. The molecule has 3 aliphatic carbocycles. The van der Waals surface area contributed by atoms with Crippen LogP contribution in [-0.2, 0) is 20.8 Å². The van der Waals surface area contributed by atoms with E-state index in [9.17, 15) is 34.8 Å². The number of rotatable bonds is 3. The van der Waals surface area contributed by atoms with Gasteiger partial charge in [-0.3, -0.25) is 14.4 Å². The van der Waals surface area contributed by atoms with Crippen molar-refractivity contribution in [3.8, 4) is 17.6 Å². The number of primary amides is 1. The highest BCUT2D eigenvalue weighted by Crippen LogP contribution is 2.53. The minimum Gasteiger partial charge on any atom is -0.508 e. The zero-order valence-corrected chi connectivity index (χ0v) is 20.7. The van der Waals surface area contributed by atoms with E-state index in [4.69, 9.17) is 5.73 Å². The van der Waals surface area contributed by atoms with Crippen LogP contribution in [0.1, 0.15) is 49.8 Å². The second kappa shape index (κ2) is 8.71. The van der Waals surface area contributed by atoms with Gasteiger partial charge in [-0.1, -0.05) is 25.7 Å². The van der Waals surface area contributed by atoms with Crippen LogP contribution in [0.2, 0.25) is 0 Å². The smallest absolute Gasteiger partial charge is 0.255 e. The molecule has 1 fully saturated rings. The van der Waals surface area contributed by atoms with Crippen LogP contribution in [0.15, 0.2) is 23.0 Å². The summed E-state index contributed by atoms with van der Waals surface area (Å²) < 4.78 is 0. The lowest BCUT2D eigenvalue weighted by molar-refractivity contribution is -0.147. The number of hydrogen-bond acceptors (Lipinski definition) is 8. The van der Waals surface area contributed by atoms with Gasteiger partial charge >= 0.3 is 0 Å². The van der Waals surface area contributed by atoms with Crippen molar-refractivity contribution in [2.24, 2.45) is 23.5 Å². The number of anilines is 1.